The third-order valence-corrected chi connectivity index (χ3v) is 15.1. The molecule has 0 spiro atoms. The quantitative estimate of drug-likeness (QED) is 0.0125. The number of ether oxygens (including phenoxy) is 3. The largest absolute Gasteiger partial charge is 0.401 e. The number of nitrogens with two attached hydrogens (primary N) is 2. The predicted molar refractivity (Wildman–Crippen MR) is 294 cm³/mol. The summed E-state index contributed by atoms with van der Waals surface area (Å²) >= 11 is 1.55. The normalized spacial score (nSPS) is 15.8. The molecule has 6 rings (SSSR count). The minimum Gasteiger partial charge on any atom is -0.401 e. The van der Waals surface area contributed by atoms with E-state index in [-0.39, 0.29) is 12.0 Å². The van der Waals surface area contributed by atoms with Crippen LogP contribution in [0.15, 0.2) is 77.4 Å². The van der Waals surface area contributed by atoms with E-state index in [4.69, 9.17) is 35.8 Å². The summed E-state index contributed by atoms with van der Waals surface area (Å²) in [5, 5.41) is 21.1. The third-order valence-electron chi connectivity index (χ3n) is 13.9. The van der Waals surface area contributed by atoms with E-state index in [0.29, 0.717) is 75.0 Å². The molecule has 71 heavy (non-hydrogen) atoms. The van der Waals surface area contributed by atoms with Crippen LogP contribution in [-0.4, -0.2) is 147 Å². The summed E-state index contributed by atoms with van der Waals surface area (Å²) in [6.45, 7) is 19.4. The van der Waals surface area contributed by atoms with E-state index in [9.17, 15) is 9.90 Å². The van der Waals surface area contributed by atoms with E-state index in [0.717, 1.165) is 120 Å². The van der Waals surface area contributed by atoms with E-state index >= 15 is 0 Å². The fourth-order valence-corrected chi connectivity index (χ4v) is 10.7. The van der Waals surface area contributed by atoms with Crippen LogP contribution < -0.4 is 27.6 Å². The smallest absolute Gasteiger partial charge is 0.197 e. The Balaban J connectivity index is 0.767. The zero-order valence-electron chi connectivity index (χ0n) is 43.6. The van der Waals surface area contributed by atoms with Gasteiger partial charge in [0, 0.05) is 70.0 Å². The molecule has 7 N–H and O–H groups in total. The Morgan fingerprint density at radius 3 is 2.21 bits per heavy atom. The summed E-state index contributed by atoms with van der Waals surface area (Å²) in [4.78, 5) is 30.6. The third kappa shape index (κ3) is 17.3. The van der Waals surface area contributed by atoms with E-state index < -0.39 is 0 Å². The summed E-state index contributed by atoms with van der Waals surface area (Å²) < 4.78 is 19.0. The number of benzene rings is 3. The summed E-state index contributed by atoms with van der Waals surface area (Å²) in [7, 11) is 4.39. The van der Waals surface area contributed by atoms with Gasteiger partial charge in [0.1, 0.15) is 11.6 Å². The fraction of sp³-hybridized carbons (Fsp3) is 0.582. The van der Waals surface area contributed by atoms with Gasteiger partial charge in [0.05, 0.1) is 70.2 Å². The lowest BCUT2D eigenvalue weighted by molar-refractivity contribution is 0.00889. The Kier molecular flexibility index (Phi) is 22.5. The van der Waals surface area contributed by atoms with Crippen LogP contribution in [0.3, 0.4) is 0 Å². The van der Waals surface area contributed by atoms with Crippen molar-refractivity contribution in [1.29, 1.82) is 0 Å². The Labute approximate surface area is 426 Å². The molecule has 0 unspecified atom stereocenters. The number of para-hydroxylation sites is 1. The molecule has 0 radical (unpaired) electrons. The zero-order valence-corrected chi connectivity index (χ0v) is 44.4. The highest BCUT2D eigenvalue weighted by Crippen LogP contribution is 2.39. The molecule has 390 valence electrons. The number of anilines is 2. The molecule has 0 atom stereocenters. The van der Waals surface area contributed by atoms with Gasteiger partial charge in [-0.05, 0) is 126 Å². The average molecular weight is 997 g/mol. The molecule has 1 aliphatic carbocycles. The van der Waals surface area contributed by atoms with Crippen molar-refractivity contribution in [3.05, 3.63) is 94.2 Å². The minimum atomic E-state index is -0.110. The predicted octanol–water partition coefficient (Wildman–Crippen LogP) is 7.86. The highest BCUT2D eigenvalue weighted by atomic mass is 32.1. The van der Waals surface area contributed by atoms with Gasteiger partial charge < -0.3 is 45.6 Å². The van der Waals surface area contributed by atoms with Crippen LogP contribution in [0.4, 0.5) is 11.5 Å². The molecule has 0 bridgehead atoms. The maximum absolute atomic E-state index is 13.5. The summed E-state index contributed by atoms with van der Waals surface area (Å²) in [6, 6.07) is 20.3. The van der Waals surface area contributed by atoms with Crippen molar-refractivity contribution in [3.63, 3.8) is 0 Å². The van der Waals surface area contributed by atoms with E-state index in [1.807, 2.05) is 36.4 Å². The highest BCUT2D eigenvalue weighted by Gasteiger charge is 2.31. The molecule has 1 aliphatic rings. The van der Waals surface area contributed by atoms with Crippen molar-refractivity contribution < 1.29 is 19.3 Å². The van der Waals surface area contributed by atoms with Gasteiger partial charge in [-0.15, -0.1) is 11.3 Å². The number of allylic oxidation sites excluding steroid dienone is 1. The lowest BCUT2D eigenvalue weighted by Crippen LogP contribution is -2.37. The van der Waals surface area contributed by atoms with Gasteiger partial charge in [0.25, 0.3) is 0 Å². The summed E-state index contributed by atoms with van der Waals surface area (Å²) in [5.41, 5.74) is 10.0. The highest BCUT2D eigenvalue weighted by molar-refractivity contribution is 7.24. The maximum atomic E-state index is 13.5. The van der Waals surface area contributed by atoms with Crippen LogP contribution in [0, 0.1) is 11.3 Å². The molecule has 0 aliphatic heterocycles. The van der Waals surface area contributed by atoms with Crippen LogP contribution in [0.25, 0.3) is 31.1 Å². The molecule has 0 amide bonds. The van der Waals surface area contributed by atoms with Crippen molar-refractivity contribution in [2.75, 3.05) is 117 Å². The van der Waals surface area contributed by atoms with Crippen LogP contribution >= 0.6 is 11.3 Å². The number of hydrogen-bond acceptors (Lipinski definition) is 16. The molecule has 0 saturated heterocycles. The molecule has 15 nitrogen and oxygen atoms in total. The Morgan fingerprint density at radius 2 is 1.49 bits per heavy atom. The number of fused-ring (bicyclic) bond motifs is 3. The molecule has 1 saturated carbocycles. The van der Waals surface area contributed by atoms with Crippen LogP contribution in [0.2, 0.25) is 0 Å². The van der Waals surface area contributed by atoms with Crippen molar-refractivity contribution in [3.8, 4) is 0 Å². The standard InChI is InChI=1S/C55H84N10O5S/c1-7-64(29-26-58-48-24-19-41(40-66)53-51(48)52(67)46-16-9-11-18-49(46)71-53)30-32-68-34-36-70-37-35-69-33-31-65(57)38-43(56)14-12-27-62(5)28-13-25-59-54-45-15-8-10-17-47(45)60-50(61-54)39-63(6)44-22-20-42(21-23-44)55(2,3)4/h8-11,15-19,24,38,42,44,58,66H,7,12-14,20-23,25-37,39-40,56-57H2,1-6H3,(H,59,60,61)/b43-38-. The van der Waals surface area contributed by atoms with Crippen molar-refractivity contribution in [2.45, 2.75) is 91.8 Å². The lowest BCUT2D eigenvalue weighted by atomic mass is 9.71. The van der Waals surface area contributed by atoms with Gasteiger partial charge in [-0.2, -0.15) is 0 Å². The molecule has 1 fully saturated rings. The Hall–Kier alpha value is -4.49. The van der Waals surface area contributed by atoms with Gasteiger partial charge in [-0.25, -0.2) is 15.8 Å². The van der Waals surface area contributed by atoms with Gasteiger partial charge >= 0.3 is 0 Å². The van der Waals surface area contributed by atoms with Crippen molar-refractivity contribution in [2.24, 2.45) is 22.9 Å². The number of aliphatic hydroxyl groups excluding tert-OH is 1. The Bertz CT molecular complexity index is 2470. The SMILES string of the molecule is CCN(CCNc1ccc(CO)c2sc3ccccc3c(=O)c12)CCOCCOCCOCCN(N)/C=C(\N)CCCN(C)CCCNc1nc(CN(C)C2CCC(C(C)(C)C)CC2)nc2ccccc12. The molecule has 3 aromatic carbocycles. The first kappa shape index (κ1) is 55.8. The second-order valence-corrected chi connectivity index (χ2v) is 21.2. The number of aliphatic hydroxyl groups is 1. The monoisotopic (exact) mass is 997 g/mol. The summed E-state index contributed by atoms with van der Waals surface area (Å²) in [6.07, 6.45) is 9.58. The first-order chi connectivity index (χ1) is 34.3. The second kappa shape index (κ2) is 28.7. The van der Waals surface area contributed by atoms with Gasteiger partial charge in [-0.1, -0.05) is 58.0 Å². The number of rotatable bonds is 31. The fourth-order valence-electron chi connectivity index (χ4n) is 9.54. The van der Waals surface area contributed by atoms with E-state index in [2.05, 4.69) is 91.4 Å². The molecule has 16 heteroatoms. The first-order valence-corrected chi connectivity index (χ1v) is 26.8. The second-order valence-electron chi connectivity index (χ2n) is 20.2. The molecule has 2 aromatic heterocycles. The maximum Gasteiger partial charge on any atom is 0.197 e. The number of hydrazine groups is 1. The number of nitrogens with one attached hydrogen (secondary N) is 2. The Morgan fingerprint density at radius 1 is 0.817 bits per heavy atom. The van der Waals surface area contributed by atoms with Crippen molar-refractivity contribution in [1.82, 2.24) is 29.7 Å². The van der Waals surface area contributed by atoms with Gasteiger partial charge in [0.2, 0.25) is 0 Å². The van der Waals surface area contributed by atoms with E-state index in [1.54, 1.807) is 22.5 Å². The number of aromatic nitrogens is 2. The first-order valence-electron chi connectivity index (χ1n) is 26.0. The lowest BCUT2D eigenvalue weighted by Gasteiger charge is -2.39. The zero-order chi connectivity index (χ0) is 50.6. The topological polar surface area (TPSA) is 180 Å². The summed E-state index contributed by atoms with van der Waals surface area (Å²) in [5.74, 6) is 8.80. The molecular weight excluding hydrogens is 913 g/mol. The van der Waals surface area contributed by atoms with Crippen molar-refractivity contribution >= 4 is 53.9 Å². The average Bonchev–Trinajstić information content (AvgIpc) is 3.36. The number of hydrogen-bond donors (Lipinski definition) is 5. The molecule has 5 aromatic rings. The number of nitrogens with zero attached hydrogens (tertiary/aromatic N) is 6. The van der Waals surface area contributed by atoms with Gasteiger partial charge in [0.15, 0.2) is 5.43 Å². The molecule has 2 heterocycles. The number of likely N-dealkylation sites (N-methyl/N-ethyl adjacent to an activating group) is 1. The van der Waals surface area contributed by atoms with Gasteiger partial charge in [-0.3, -0.25) is 14.6 Å². The van der Waals surface area contributed by atoms with Crippen LogP contribution in [0.5, 0.6) is 0 Å². The van der Waals surface area contributed by atoms with Crippen LogP contribution in [-0.2, 0) is 27.4 Å². The molecular formula is C55H84N10O5S. The van der Waals surface area contributed by atoms with Crippen LogP contribution in [0.1, 0.15) is 84.0 Å². The van der Waals surface area contributed by atoms with E-state index in [1.165, 1.54) is 25.7 Å². The minimum absolute atomic E-state index is 0.00894.